The summed E-state index contributed by atoms with van der Waals surface area (Å²) in [5.41, 5.74) is 5.35. The van der Waals surface area contributed by atoms with Crippen molar-refractivity contribution in [2.24, 2.45) is 10.3 Å². The van der Waals surface area contributed by atoms with Crippen molar-refractivity contribution < 1.29 is 21.4 Å². The van der Waals surface area contributed by atoms with Gasteiger partial charge in [-0.25, -0.2) is 27.1 Å². The van der Waals surface area contributed by atoms with Crippen LogP contribution in [0.25, 0.3) is 11.3 Å². The van der Waals surface area contributed by atoms with Crippen LogP contribution in [0.4, 0.5) is 5.88 Å². The van der Waals surface area contributed by atoms with E-state index in [1.165, 1.54) is 5.38 Å². The second kappa shape index (κ2) is 4.28. The molecule has 104 valence electrons. The van der Waals surface area contributed by atoms with Crippen molar-refractivity contribution in [1.82, 2.24) is 5.16 Å². The lowest BCUT2D eigenvalue weighted by atomic mass is 10.2. The number of sulfonamides is 2. The van der Waals surface area contributed by atoms with Crippen molar-refractivity contribution in [1.29, 1.82) is 0 Å². The Morgan fingerprint density at radius 2 is 1.79 bits per heavy atom. The monoisotopic (exact) mass is 324 g/mol. The summed E-state index contributed by atoms with van der Waals surface area (Å²) in [5.74, 6) is -0.471. The van der Waals surface area contributed by atoms with Gasteiger partial charge < -0.3 is 10.3 Å². The van der Waals surface area contributed by atoms with Crippen LogP contribution in [-0.4, -0.2) is 22.0 Å². The first-order chi connectivity index (χ1) is 8.60. The minimum Gasteiger partial charge on any atom is -0.366 e. The van der Waals surface area contributed by atoms with E-state index in [-0.39, 0.29) is 15.5 Å². The number of hydrogen-bond acceptors (Lipinski definition) is 8. The van der Waals surface area contributed by atoms with E-state index in [1.807, 2.05) is 0 Å². The molecule has 0 aliphatic carbocycles. The van der Waals surface area contributed by atoms with E-state index in [4.69, 9.17) is 16.0 Å². The Morgan fingerprint density at radius 3 is 2.26 bits per heavy atom. The third-order valence-electron chi connectivity index (χ3n) is 2.09. The van der Waals surface area contributed by atoms with Crippen molar-refractivity contribution in [3.63, 3.8) is 0 Å². The smallest absolute Gasteiger partial charge is 0.247 e. The van der Waals surface area contributed by atoms with Crippen molar-refractivity contribution in [3.05, 3.63) is 11.4 Å². The Bertz CT molecular complexity index is 832. The zero-order valence-corrected chi connectivity index (χ0v) is 11.5. The van der Waals surface area contributed by atoms with Crippen LogP contribution in [0.5, 0.6) is 0 Å². The Hall–Kier alpha value is -1.47. The molecule has 0 spiro atoms. The minimum atomic E-state index is -4.15. The zero-order chi connectivity index (χ0) is 14.4. The fourth-order valence-electron chi connectivity index (χ4n) is 1.34. The van der Waals surface area contributed by atoms with Gasteiger partial charge in [-0.1, -0.05) is 5.16 Å². The van der Waals surface area contributed by atoms with E-state index in [9.17, 15) is 16.8 Å². The third kappa shape index (κ3) is 2.62. The van der Waals surface area contributed by atoms with Crippen LogP contribution in [0.2, 0.25) is 0 Å². The molecule has 2 aromatic heterocycles. The highest BCUT2D eigenvalue weighted by Crippen LogP contribution is 2.33. The van der Waals surface area contributed by atoms with Gasteiger partial charge in [0.25, 0.3) is 0 Å². The van der Waals surface area contributed by atoms with E-state index in [0.29, 0.717) is 0 Å². The average Bonchev–Trinajstić information content (AvgIpc) is 2.79. The van der Waals surface area contributed by atoms with Gasteiger partial charge in [-0.3, -0.25) is 0 Å². The number of anilines is 1. The normalized spacial score (nSPS) is 12.7. The fraction of sp³-hybridized carbons (Fsp3) is 0. The van der Waals surface area contributed by atoms with Crippen LogP contribution >= 0.6 is 11.3 Å². The Balaban J connectivity index is 2.65. The second-order valence-electron chi connectivity index (χ2n) is 3.47. The third-order valence-corrected chi connectivity index (χ3v) is 5.44. The number of hydrogen-bond donors (Lipinski definition) is 3. The van der Waals surface area contributed by atoms with Gasteiger partial charge in [0.1, 0.15) is 9.90 Å². The van der Waals surface area contributed by atoms with Gasteiger partial charge in [0, 0.05) is 10.9 Å². The maximum atomic E-state index is 11.4. The Morgan fingerprint density at radius 1 is 1.16 bits per heavy atom. The lowest BCUT2D eigenvalue weighted by Gasteiger charge is -1.96. The molecule has 0 saturated carbocycles. The number of rotatable bonds is 3. The topological polar surface area (TPSA) is 172 Å². The number of primary sulfonamides is 2. The number of thiophene rings is 1. The van der Waals surface area contributed by atoms with Gasteiger partial charge in [-0.15, -0.1) is 11.3 Å². The van der Waals surface area contributed by atoms with Crippen LogP contribution in [-0.2, 0) is 20.0 Å². The first-order valence-electron chi connectivity index (χ1n) is 4.50. The summed E-state index contributed by atoms with van der Waals surface area (Å²) in [6, 6.07) is 1.16. The highest BCUT2D eigenvalue weighted by atomic mass is 32.2. The van der Waals surface area contributed by atoms with Gasteiger partial charge >= 0.3 is 0 Å². The van der Waals surface area contributed by atoms with Crippen LogP contribution in [0.15, 0.2) is 25.1 Å². The highest BCUT2D eigenvalue weighted by molar-refractivity contribution is 7.91. The number of nitrogen functional groups attached to an aromatic ring is 1. The lowest BCUT2D eigenvalue weighted by molar-refractivity contribution is 0.437. The maximum Gasteiger partial charge on any atom is 0.247 e. The van der Waals surface area contributed by atoms with Crippen molar-refractivity contribution >= 4 is 37.3 Å². The molecule has 0 aliphatic rings. The average molecular weight is 324 g/mol. The number of nitrogens with zero attached hydrogens (tertiary/aromatic N) is 1. The summed E-state index contributed by atoms with van der Waals surface area (Å²) in [4.78, 5) is -0.494. The summed E-state index contributed by atoms with van der Waals surface area (Å²) in [7, 11) is -8.04. The van der Waals surface area contributed by atoms with Gasteiger partial charge in [0.2, 0.25) is 25.9 Å². The standard InChI is InChI=1S/C7H8N4O5S3/c8-7-6(19(10,14)15)5(11-16-7)3-1-4(17-2-3)18(9,12)13/h1-2H,8H2,(H2,9,12,13)(H2,10,14,15). The Labute approximate surface area is 112 Å². The largest absolute Gasteiger partial charge is 0.366 e. The molecular formula is C7H8N4O5S3. The van der Waals surface area contributed by atoms with Crippen molar-refractivity contribution in [2.75, 3.05) is 5.73 Å². The van der Waals surface area contributed by atoms with Crippen LogP contribution < -0.4 is 16.0 Å². The SMILES string of the molecule is Nc1onc(-c2csc(S(N)(=O)=O)c2)c1S(N)(=O)=O. The molecule has 0 radical (unpaired) electrons. The molecule has 0 amide bonds. The first-order valence-corrected chi connectivity index (χ1v) is 8.47. The molecule has 12 heteroatoms. The van der Waals surface area contributed by atoms with Crippen LogP contribution in [0.3, 0.4) is 0 Å². The molecule has 2 heterocycles. The summed E-state index contributed by atoms with van der Waals surface area (Å²) < 4.78 is 49.4. The van der Waals surface area contributed by atoms with Crippen LogP contribution in [0, 0.1) is 0 Å². The van der Waals surface area contributed by atoms with E-state index in [1.54, 1.807) is 0 Å². The van der Waals surface area contributed by atoms with Gasteiger partial charge in [-0.05, 0) is 6.07 Å². The van der Waals surface area contributed by atoms with E-state index in [2.05, 4.69) is 9.68 Å². The molecule has 2 rings (SSSR count). The fourth-order valence-corrected chi connectivity index (χ4v) is 3.68. The molecule has 0 fully saturated rings. The molecule has 0 bridgehead atoms. The summed E-state index contributed by atoms with van der Waals surface area (Å²) in [6.45, 7) is 0. The molecule has 0 aromatic carbocycles. The van der Waals surface area contributed by atoms with Gasteiger partial charge in [0.15, 0.2) is 4.90 Å². The van der Waals surface area contributed by atoms with Crippen molar-refractivity contribution in [2.45, 2.75) is 9.10 Å². The summed E-state index contributed by atoms with van der Waals surface area (Å²) in [5, 5.41) is 14.7. The first kappa shape index (κ1) is 14.0. The highest BCUT2D eigenvalue weighted by Gasteiger charge is 2.26. The predicted molar refractivity (Wildman–Crippen MR) is 67.0 cm³/mol. The quantitative estimate of drug-likeness (QED) is 0.668. The van der Waals surface area contributed by atoms with Gasteiger partial charge in [-0.2, -0.15) is 0 Å². The molecule has 0 atom stereocenters. The van der Waals surface area contributed by atoms with E-state index in [0.717, 1.165) is 17.4 Å². The summed E-state index contributed by atoms with van der Waals surface area (Å²) >= 11 is 0.809. The maximum absolute atomic E-state index is 11.4. The molecule has 0 aliphatic heterocycles. The number of aromatic nitrogens is 1. The Kier molecular flexibility index (Phi) is 3.14. The van der Waals surface area contributed by atoms with Crippen LogP contribution in [0.1, 0.15) is 0 Å². The van der Waals surface area contributed by atoms with E-state index < -0.39 is 30.8 Å². The second-order valence-corrected chi connectivity index (χ2v) is 7.67. The molecule has 0 saturated heterocycles. The molecule has 0 unspecified atom stereocenters. The van der Waals surface area contributed by atoms with Crippen molar-refractivity contribution in [3.8, 4) is 11.3 Å². The molecular weight excluding hydrogens is 316 g/mol. The zero-order valence-electron chi connectivity index (χ0n) is 9.10. The molecule has 2 aromatic rings. The molecule has 9 nitrogen and oxygen atoms in total. The molecule has 19 heavy (non-hydrogen) atoms. The van der Waals surface area contributed by atoms with Gasteiger partial charge in [0.05, 0.1) is 0 Å². The minimum absolute atomic E-state index is 0.149. The summed E-state index contributed by atoms with van der Waals surface area (Å²) in [6.07, 6.45) is 0. The molecule has 6 N–H and O–H groups in total. The number of nitrogens with two attached hydrogens (primary N) is 3. The predicted octanol–water partition coefficient (Wildman–Crippen LogP) is -0.720. The van der Waals surface area contributed by atoms with E-state index >= 15 is 0 Å². The lowest BCUT2D eigenvalue weighted by Crippen LogP contribution is -2.14.